The fraction of sp³-hybridized carbons (Fsp3) is 0.343. The molecule has 0 saturated carbocycles. The van der Waals surface area contributed by atoms with Gasteiger partial charge < -0.3 is 19.7 Å². The molecular formula is C35H36F3N3O3. The molecule has 1 aliphatic heterocycles. The molecule has 230 valence electrons. The molecule has 4 aromatic rings. The summed E-state index contributed by atoms with van der Waals surface area (Å²) in [5.41, 5.74) is 4.22. The van der Waals surface area contributed by atoms with Crippen LogP contribution in [0.2, 0.25) is 0 Å². The highest BCUT2D eigenvalue weighted by molar-refractivity contribution is 5.92. The summed E-state index contributed by atoms with van der Waals surface area (Å²) in [6.07, 6.45) is 0.0569. The SMILES string of the molecule is CC1(C)CCC(CN2CCN(c3ccc(C(=O)O)c(Oc4cccc5[nH]ccc45)c3)CC2)=C(c2cccc(C(F)(F)F)c2)C1. The fourth-order valence-electron chi connectivity index (χ4n) is 6.36. The van der Waals surface area contributed by atoms with Gasteiger partial charge in [-0.05, 0) is 78.3 Å². The van der Waals surface area contributed by atoms with Crippen LogP contribution in [0.25, 0.3) is 16.5 Å². The number of halogens is 3. The smallest absolute Gasteiger partial charge is 0.416 e. The molecule has 0 unspecified atom stereocenters. The standard InChI is InChI=1S/C35H36F3N3O3/c1-34(2)13-11-24(29(21-34)23-5-3-6-25(19-23)35(36,37)38)22-40-15-17-41(18-16-40)26-9-10-28(33(42)43)32(20-26)44-31-8-4-7-30-27(31)12-14-39-30/h3-10,12,14,19-20,39H,11,13,15-18,21-22H2,1-2H3,(H,42,43). The molecule has 9 heteroatoms. The summed E-state index contributed by atoms with van der Waals surface area (Å²) in [6.45, 7) is 8.12. The predicted octanol–water partition coefficient (Wildman–Crippen LogP) is 8.46. The minimum Gasteiger partial charge on any atom is -0.478 e. The second-order valence-electron chi connectivity index (χ2n) is 12.5. The molecule has 0 amide bonds. The zero-order valence-electron chi connectivity index (χ0n) is 24.9. The van der Waals surface area contributed by atoms with Gasteiger partial charge in [-0.1, -0.05) is 37.6 Å². The Morgan fingerprint density at radius 1 is 0.977 bits per heavy atom. The van der Waals surface area contributed by atoms with Gasteiger partial charge in [-0.25, -0.2) is 4.79 Å². The number of hydrogen-bond acceptors (Lipinski definition) is 4. The van der Waals surface area contributed by atoms with Gasteiger partial charge in [-0.3, -0.25) is 4.90 Å². The number of ether oxygens (including phenoxy) is 1. The Morgan fingerprint density at radius 3 is 2.50 bits per heavy atom. The molecule has 0 atom stereocenters. The third-order valence-corrected chi connectivity index (χ3v) is 8.85. The summed E-state index contributed by atoms with van der Waals surface area (Å²) in [4.78, 5) is 19.8. The second kappa shape index (κ2) is 11.7. The molecule has 0 bridgehead atoms. The molecule has 6 rings (SSSR count). The van der Waals surface area contributed by atoms with E-state index in [0.717, 1.165) is 80.2 Å². The van der Waals surface area contributed by atoms with Gasteiger partial charge >= 0.3 is 12.1 Å². The summed E-state index contributed by atoms with van der Waals surface area (Å²) >= 11 is 0. The molecule has 3 aromatic carbocycles. The molecule has 0 spiro atoms. The number of rotatable bonds is 7. The van der Waals surface area contributed by atoms with Gasteiger partial charge in [-0.2, -0.15) is 13.2 Å². The van der Waals surface area contributed by atoms with Crippen LogP contribution >= 0.6 is 0 Å². The number of carboxylic acids is 1. The van der Waals surface area contributed by atoms with E-state index in [0.29, 0.717) is 11.3 Å². The minimum atomic E-state index is -4.37. The van der Waals surface area contributed by atoms with Crippen molar-refractivity contribution in [3.63, 3.8) is 0 Å². The van der Waals surface area contributed by atoms with Crippen LogP contribution in [0.3, 0.4) is 0 Å². The summed E-state index contributed by atoms with van der Waals surface area (Å²) in [5.74, 6) is -0.196. The number of allylic oxidation sites excluding steroid dienone is 1. The van der Waals surface area contributed by atoms with Gasteiger partial charge in [0, 0.05) is 61.6 Å². The summed E-state index contributed by atoms with van der Waals surface area (Å²) < 4.78 is 46.7. The Kier molecular flexibility index (Phi) is 7.92. The third kappa shape index (κ3) is 6.33. The fourth-order valence-corrected chi connectivity index (χ4v) is 6.36. The Labute approximate surface area is 254 Å². The summed E-state index contributed by atoms with van der Waals surface area (Å²) in [7, 11) is 0. The number of aromatic amines is 1. The van der Waals surface area contributed by atoms with E-state index in [1.807, 2.05) is 36.5 Å². The number of carbonyl (C=O) groups is 1. The number of aromatic nitrogens is 1. The molecule has 2 heterocycles. The molecule has 0 radical (unpaired) electrons. The number of H-pyrrole nitrogens is 1. The average molecular weight is 604 g/mol. The van der Waals surface area contributed by atoms with Crippen LogP contribution in [0.5, 0.6) is 11.5 Å². The number of nitrogens with one attached hydrogen (secondary N) is 1. The van der Waals surface area contributed by atoms with Crippen molar-refractivity contribution in [3.8, 4) is 11.5 Å². The van der Waals surface area contributed by atoms with Crippen LogP contribution in [0.1, 0.15) is 54.6 Å². The molecule has 2 aliphatic rings. The summed E-state index contributed by atoms with van der Waals surface area (Å²) in [6, 6.07) is 18.5. The van der Waals surface area contributed by atoms with Crippen LogP contribution in [0.15, 0.2) is 78.5 Å². The van der Waals surface area contributed by atoms with Crippen LogP contribution < -0.4 is 9.64 Å². The first-order chi connectivity index (χ1) is 21.0. The van der Waals surface area contributed by atoms with Gasteiger partial charge in [0.25, 0.3) is 0 Å². The van der Waals surface area contributed by atoms with Gasteiger partial charge in [0.1, 0.15) is 17.1 Å². The topological polar surface area (TPSA) is 68.8 Å². The van der Waals surface area contributed by atoms with E-state index in [4.69, 9.17) is 4.74 Å². The van der Waals surface area contributed by atoms with Crippen molar-refractivity contribution in [2.45, 2.75) is 39.3 Å². The lowest BCUT2D eigenvalue weighted by atomic mass is 9.72. The minimum absolute atomic E-state index is 0.0281. The quantitative estimate of drug-likeness (QED) is 0.222. The van der Waals surface area contributed by atoms with Crippen molar-refractivity contribution >= 4 is 28.1 Å². The molecule has 1 fully saturated rings. The number of hydrogen-bond donors (Lipinski definition) is 2. The zero-order chi connectivity index (χ0) is 31.1. The number of nitrogens with zero attached hydrogens (tertiary/aromatic N) is 2. The lowest BCUT2D eigenvalue weighted by molar-refractivity contribution is -0.137. The van der Waals surface area contributed by atoms with E-state index in [-0.39, 0.29) is 16.7 Å². The van der Waals surface area contributed by atoms with E-state index in [2.05, 4.69) is 28.6 Å². The zero-order valence-corrected chi connectivity index (χ0v) is 24.9. The molecule has 1 saturated heterocycles. The Balaban J connectivity index is 1.19. The molecule has 6 nitrogen and oxygen atoms in total. The monoisotopic (exact) mass is 603 g/mol. The number of alkyl halides is 3. The van der Waals surface area contributed by atoms with Gasteiger partial charge in [0.15, 0.2) is 0 Å². The highest BCUT2D eigenvalue weighted by atomic mass is 19.4. The van der Waals surface area contributed by atoms with E-state index in [1.54, 1.807) is 18.2 Å². The maximum atomic E-state index is 13.5. The Morgan fingerprint density at radius 2 is 1.75 bits per heavy atom. The van der Waals surface area contributed by atoms with E-state index < -0.39 is 17.7 Å². The van der Waals surface area contributed by atoms with Crippen LogP contribution in [0.4, 0.5) is 18.9 Å². The van der Waals surface area contributed by atoms with Crippen LogP contribution in [-0.4, -0.2) is 53.7 Å². The maximum Gasteiger partial charge on any atom is 0.416 e. The normalized spacial score (nSPS) is 17.7. The number of carboxylic acid groups (broad SMARTS) is 1. The van der Waals surface area contributed by atoms with Crippen LogP contribution in [-0.2, 0) is 6.18 Å². The lowest BCUT2D eigenvalue weighted by Gasteiger charge is -2.39. The van der Waals surface area contributed by atoms with Crippen molar-refractivity contribution in [2.75, 3.05) is 37.6 Å². The number of benzene rings is 3. The first kappa shape index (κ1) is 29.8. The van der Waals surface area contributed by atoms with Gasteiger partial charge in [0.05, 0.1) is 5.56 Å². The Hall–Kier alpha value is -4.24. The van der Waals surface area contributed by atoms with Gasteiger partial charge in [-0.15, -0.1) is 0 Å². The molecule has 1 aromatic heterocycles. The van der Waals surface area contributed by atoms with Crippen molar-refractivity contribution in [3.05, 3.63) is 95.2 Å². The average Bonchev–Trinajstić information content (AvgIpc) is 3.48. The van der Waals surface area contributed by atoms with Crippen molar-refractivity contribution in [1.82, 2.24) is 9.88 Å². The third-order valence-electron chi connectivity index (χ3n) is 8.85. The highest BCUT2D eigenvalue weighted by Crippen LogP contribution is 2.44. The Bertz CT molecular complexity index is 1710. The lowest BCUT2D eigenvalue weighted by Crippen LogP contribution is -2.47. The molecule has 1 aliphatic carbocycles. The number of fused-ring (bicyclic) bond motifs is 1. The van der Waals surface area contributed by atoms with E-state index in [1.165, 1.54) is 17.7 Å². The second-order valence-corrected chi connectivity index (χ2v) is 12.5. The molecule has 44 heavy (non-hydrogen) atoms. The van der Waals surface area contributed by atoms with Crippen LogP contribution in [0, 0.1) is 5.41 Å². The highest BCUT2D eigenvalue weighted by Gasteiger charge is 2.33. The van der Waals surface area contributed by atoms with Crippen molar-refractivity contribution in [1.29, 1.82) is 0 Å². The number of anilines is 1. The number of aromatic carboxylic acids is 1. The first-order valence-electron chi connectivity index (χ1n) is 14.9. The largest absolute Gasteiger partial charge is 0.478 e. The van der Waals surface area contributed by atoms with Crippen molar-refractivity contribution < 1.29 is 27.8 Å². The number of piperazine rings is 1. The first-order valence-corrected chi connectivity index (χ1v) is 14.9. The van der Waals surface area contributed by atoms with Crippen molar-refractivity contribution in [2.24, 2.45) is 5.41 Å². The van der Waals surface area contributed by atoms with E-state index >= 15 is 0 Å². The molecular weight excluding hydrogens is 567 g/mol. The predicted molar refractivity (Wildman–Crippen MR) is 166 cm³/mol. The van der Waals surface area contributed by atoms with E-state index in [9.17, 15) is 23.1 Å². The molecule has 2 N–H and O–H groups in total. The summed E-state index contributed by atoms with van der Waals surface area (Å²) in [5, 5.41) is 10.7. The maximum absolute atomic E-state index is 13.5. The van der Waals surface area contributed by atoms with Gasteiger partial charge in [0.2, 0.25) is 0 Å².